The summed E-state index contributed by atoms with van der Waals surface area (Å²) in [6.45, 7) is 4.45. The van der Waals surface area contributed by atoms with Crippen molar-refractivity contribution in [3.63, 3.8) is 0 Å². The van der Waals surface area contributed by atoms with Crippen LogP contribution in [-0.4, -0.2) is 16.6 Å². The van der Waals surface area contributed by atoms with Crippen molar-refractivity contribution in [2.24, 2.45) is 11.0 Å². The van der Waals surface area contributed by atoms with E-state index in [1.165, 1.54) is 17.1 Å². The molecule has 0 fully saturated rings. The van der Waals surface area contributed by atoms with Gasteiger partial charge in [0.05, 0.1) is 18.7 Å². The first-order valence-electron chi connectivity index (χ1n) is 5.68. The third kappa shape index (κ3) is 2.70. The Morgan fingerprint density at radius 2 is 2.00 bits per heavy atom. The van der Waals surface area contributed by atoms with Crippen LogP contribution in [0, 0.1) is 11.7 Å². The van der Waals surface area contributed by atoms with E-state index in [0.29, 0.717) is 13.0 Å². The van der Waals surface area contributed by atoms with Gasteiger partial charge in [-0.3, -0.25) is 4.79 Å². The largest absolute Gasteiger partial charge is 0.273 e. The Hall–Kier alpha value is -1.71. The van der Waals surface area contributed by atoms with Crippen LogP contribution in [-0.2, 0) is 11.3 Å². The normalized spacial score (nSPS) is 15.6. The monoisotopic (exact) mass is 234 g/mol. The van der Waals surface area contributed by atoms with Crippen molar-refractivity contribution in [1.82, 2.24) is 5.01 Å². The highest BCUT2D eigenvalue weighted by Crippen LogP contribution is 2.17. The molecule has 1 heterocycles. The summed E-state index contributed by atoms with van der Waals surface area (Å²) in [5.74, 6) is 0.0306. The van der Waals surface area contributed by atoms with Gasteiger partial charge in [-0.15, -0.1) is 0 Å². The number of hydrogen-bond donors (Lipinski definition) is 0. The number of carbonyl (C=O) groups excluding carboxylic acids is 1. The van der Waals surface area contributed by atoms with Gasteiger partial charge < -0.3 is 0 Å². The lowest BCUT2D eigenvalue weighted by Gasteiger charge is -2.11. The molecule has 1 aromatic carbocycles. The summed E-state index contributed by atoms with van der Waals surface area (Å²) in [6, 6.07) is 6.13. The first-order valence-corrected chi connectivity index (χ1v) is 5.68. The molecule has 1 amide bonds. The van der Waals surface area contributed by atoms with Gasteiger partial charge in [0.2, 0.25) is 5.91 Å². The van der Waals surface area contributed by atoms with Gasteiger partial charge in [-0.25, -0.2) is 9.40 Å². The first kappa shape index (κ1) is 11.8. The fraction of sp³-hybridized carbons (Fsp3) is 0.385. The van der Waals surface area contributed by atoms with Crippen LogP contribution in [0.25, 0.3) is 0 Å². The Bertz CT molecular complexity index is 451. The molecule has 1 aliphatic rings. The van der Waals surface area contributed by atoms with E-state index in [2.05, 4.69) is 5.10 Å². The molecule has 90 valence electrons. The van der Waals surface area contributed by atoms with E-state index in [0.717, 1.165) is 11.3 Å². The maximum atomic E-state index is 12.7. The Balaban J connectivity index is 2.09. The molecule has 0 aromatic heterocycles. The highest BCUT2D eigenvalue weighted by molar-refractivity contribution is 6.05. The zero-order valence-corrected chi connectivity index (χ0v) is 9.98. The Morgan fingerprint density at radius 1 is 1.35 bits per heavy atom. The highest BCUT2D eigenvalue weighted by atomic mass is 19.1. The molecular weight excluding hydrogens is 219 g/mol. The van der Waals surface area contributed by atoms with E-state index >= 15 is 0 Å². The second-order valence-electron chi connectivity index (χ2n) is 4.50. The highest BCUT2D eigenvalue weighted by Gasteiger charge is 2.25. The fourth-order valence-electron chi connectivity index (χ4n) is 1.70. The van der Waals surface area contributed by atoms with Gasteiger partial charge >= 0.3 is 0 Å². The molecule has 0 spiro atoms. The summed E-state index contributed by atoms with van der Waals surface area (Å²) < 4.78 is 12.7. The lowest BCUT2D eigenvalue weighted by Crippen LogP contribution is -2.20. The first-order chi connectivity index (χ1) is 8.06. The SMILES string of the molecule is CC(C)C1=NN(Cc2ccc(F)cc2)C(=O)C1. The Labute approximate surface area is 99.9 Å². The Morgan fingerprint density at radius 3 is 2.53 bits per heavy atom. The minimum absolute atomic E-state index is 0.0121. The van der Waals surface area contributed by atoms with E-state index in [1.54, 1.807) is 12.1 Å². The van der Waals surface area contributed by atoms with Gasteiger partial charge in [0.1, 0.15) is 5.82 Å². The zero-order chi connectivity index (χ0) is 12.4. The van der Waals surface area contributed by atoms with Gasteiger partial charge in [0.15, 0.2) is 0 Å². The third-order valence-electron chi connectivity index (χ3n) is 2.78. The Kier molecular flexibility index (Phi) is 3.22. The van der Waals surface area contributed by atoms with E-state index < -0.39 is 0 Å². The molecule has 0 unspecified atom stereocenters. The van der Waals surface area contributed by atoms with Crippen LogP contribution in [0.15, 0.2) is 29.4 Å². The van der Waals surface area contributed by atoms with Gasteiger partial charge in [-0.05, 0) is 23.6 Å². The molecule has 2 rings (SSSR count). The molecule has 0 bridgehead atoms. The maximum absolute atomic E-state index is 12.7. The molecular formula is C13H15FN2O. The number of rotatable bonds is 3. The van der Waals surface area contributed by atoms with Gasteiger partial charge in [-0.2, -0.15) is 5.10 Å². The van der Waals surface area contributed by atoms with Crippen molar-refractivity contribution in [3.8, 4) is 0 Å². The van der Waals surface area contributed by atoms with E-state index in [4.69, 9.17) is 0 Å². The number of nitrogens with zero attached hydrogens (tertiary/aromatic N) is 2. The molecule has 0 aliphatic carbocycles. The number of benzene rings is 1. The molecule has 3 nitrogen and oxygen atoms in total. The van der Waals surface area contributed by atoms with Crippen molar-refractivity contribution in [3.05, 3.63) is 35.6 Å². The van der Waals surface area contributed by atoms with Crippen molar-refractivity contribution < 1.29 is 9.18 Å². The maximum Gasteiger partial charge on any atom is 0.248 e. The summed E-state index contributed by atoms with van der Waals surface area (Å²) in [7, 11) is 0. The average Bonchev–Trinajstić information content (AvgIpc) is 2.64. The smallest absolute Gasteiger partial charge is 0.248 e. The van der Waals surface area contributed by atoms with Crippen LogP contribution in [0.5, 0.6) is 0 Å². The summed E-state index contributed by atoms with van der Waals surface area (Å²) >= 11 is 0. The fourth-order valence-corrected chi connectivity index (χ4v) is 1.70. The van der Waals surface area contributed by atoms with Crippen LogP contribution in [0.3, 0.4) is 0 Å². The van der Waals surface area contributed by atoms with E-state index in [9.17, 15) is 9.18 Å². The summed E-state index contributed by atoms with van der Waals surface area (Å²) in [5, 5.41) is 5.75. The minimum atomic E-state index is -0.270. The summed E-state index contributed by atoms with van der Waals surface area (Å²) in [6.07, 6.45) is 0.402. The number of hydrazone groups is 1. The zero-order valence-electron chi connectivity index (χ0n) is 9.98. The standard InChI is InChI=1S/C13H15FN2O/c1-9(2)12-7-13(17)16(15-12)8-10-3-5-11(14)6-4-10/h3-6,9H,7-8H2,1-2H3. The molecule has 0 N–H and O–H groups in total. The molecule has 17 heavy (non-hydrogen) atoms. The molecule has 0 saturated carbocycles. The molecule has 1 aromatic rings. The lowest BCUT2D eigenvalue weighted by molar-refractivity contribution is -0.129. The quantitative estimate of drug-likeness (QED) is 0.791. The minimum Gasteiger partial charge on any atom is -0.273 e. The van der Waals surface area contributed by atoms with Crippen molar-refractivity contribution >= 4 is 11.6 Å². The predicted molar refractivity (Wildman–Crippen MR) is 63.8 cm³/mol. The van der Waals surface area contributed by atoms with Gasteiger partial charge in [-0.1, -0.05) is 26.0 Å². The van der Waals surface area contributed by atoms with Gasteiger partial charge in [0.25, 0.3) is 0 Å². The second-order valence-corrected chi connectivity index (χ2v) is 4.50. The molecule has 0 atom stereocenters. The van der Waals surface area contributed by atoms with Crippen molar-refractivity contribution in [2.45, 2.75) is 26.8 Å². The molecule has 4 heteroatoms. The van der Waals surface area contributed by atoms with Crippen LogP contribution in [0.1, 0.15) is 25.8 Å². The number of hydrogen-bond acceptors (Lipinski definition) is 2. The van der Waals surface area contributed by atoms with Crippen LogP contribution < -0.4 is 0 Å². The average molecular weight is 234 g/mol. The number of amides is 1. The van der Waals surface area contributed by atoms with Crippen molar-refractivity contribution in [1.29, 1.82) is 0 Å². The van der Waals surface area contributed by atoms with E-state index in [1.807, 2.05) is 13.8 Å². The van der Waals surface area contributed by atoms with Crippen LogP contribution in [0.4, 0.5) is 4.39 Å². The van der Waals surface area contributed by atoms with Crippen molar-refractivity contribution in [2.75, 3.05) is 0 Å². The van der Waals surface area contributed by atoms with Crippen LogP contribution >= 0.6 is 0 Å². The summed E-state index contributed by atoms with van der Waals surface area (Å²) in [5.41, 5.74) is 1.80. The predicted octanol–water partition coefficient (Wildman–Crippen LogP) is 2.57. The van der Waals surface area contributed by atoms with Crippen LogP contribution in [0.2, 0.25) is 0 Å². The van der Waals surface area contributed by atoms with Gasteiger partial charge in [0, 0.05) is 0 Å². The molecule has 1 aliphatic heterocycles. The molecule has 0 saturated heterocycles. The second kappa shape index (κ2) is 4.65. The lowest BCUT2D eigenvalue weighted by atomic mass is 10.1. The topological polar surface area (TPSA) is 32.7 Å². The van der Waals surface area contributed by atoms with E-state index in [-0.39, 0.29) is 17.6 Å². The summed E-state index contributed by atoms with van der Waals surface area (Å²) in [4.78, 5) is 11.7. The third-order valence-corrected chi connectivity index (χ3v) is 2.78. The molecule has 0 radical (unpaired) electrons. The number of halogens is 1. The number of carbonyl (C=O) groups is 1.